The predicted molar refractivity (Wildman–Crippen MR) is 105 cm³/mol. The van der Waals surface area contributed by atoms with Crippen molar-refractivity contribution in [3.05, 3.63) is 93.5 Å². The highest BCUT2D eigenvalue weighted by atomic mass is 16.2. The highest BCUT2D eigenvalue weighted by Crippen LogP contribution is 2.10. The molecule has 0 unspecified atom stereocenters. The number of nitrogens with zero attached hydrogens (tertiary/aromatic N) is 3. The Morgan fingerprint density at radius 3 is 2.54 bits per heavy atom. The molecule has 4 aromatic rings. The summed E-state index contributed by atoms with van der Waals surface area (Å²) in [7, 11) is 0. The summed E-state index contributed by atoms with van der Waals surface area (Å²) >= 11 is 0. The lowest BCUT2D eigenvalue weighted by molar-refractivity contribution is 0.0952. The number of nitrogens with one attached hydrogen (secondary N) is 2. The second-order valence-electron chi connectivity index (χ2n) is 6.18. The maximum Gasteiger partial charge on any atom is 0.330 e. The van der Waals surface area contributed by atoms with Crippen LogP contribution in [0.1, 0.15) is 10.4 Å². The van der Waals surface area contributed by atoms with Crippen molar-refractivity contribution in [1.82, 2.24) is 24.4 Å². The van der Waals surface area contributed by atoms with Gasteiger partial charge in [0.2, 0.25) is 0 Å². The van der Waals surface area contributed by atoms with Gasteiger partial charge in [-0.2, -0.15) is 0 Å². The number of amides is 1. The minimum atomic E-state index is -0.554. The summed E-state index contributed by atoms with van der Waals surface area (Å²) in [5.41, 5.74) is 0.712. The maximum absolute atomic E-state index is 12.4. The third kappa shape index (κ3) is 3.35. The van der Waals surface area contributed by atoms with Crippen LogP contribution in [0.3, 0.4) is 0 Å². The maximum atomic E-state index is 12.4. The van der Waals surface area contributed by atoms with E-state index in [4.69, 9.17) is 0 Å². The zero-order chi connectivity index (χ0) is 19.5. The first-order valence-electron chi connectivity index (χ1n) is 8.73. The molecule has 28 heavy (non-hydrogen) atoms. The van der Waals surface area contributed by atoms with Gasteiger partial charge in [0.25, 0.3) is 11.5 Å². The van der Waals surface area contributed by atoms with Crippen molar-refractivity contribution in [2.45, 2.75) is 6.54 Å². The number of carbonyl (C=O) groups excluding carboxylic acids is 1. The van der Waals surface area contributed by atoms with Crippen LogP contribution in [0.2, 0.25) is 0 Å². The van der Waals surface area contributed by atoms with Crippen molar-refractivity contribution in [2.24, 2.45) is 0 Å². The molecule has 0 aliphatic carbocycles. The Labute approximate surface area is 159 Å². The number of carbonyl (C=O) groups is 1. The average molecular weight is 375 g/mol. The van der Waals surface area contributed by atoms with Gasteiger partial charge in [0, 0.05) is 42.9 Å². The molecule has 0 radical (unpaired) electrons. The monoisotopic (exact) mass is 375 g/mol. The molecule has 0 bridgehead atoms. The summed E-state index contributed by atoms with van der Waals surface area (Å²) < 4.78 is 2.99. The summed E-state index contributed by atoms with van der Waals surface area (Å²) in [6.07, 6.45) is 5.34. The van der Waals surface area contributed by atoms with E-state index in [-0.39, 0.29) is 24.6 Å². The van der Waals surface area contributed by atoms with Gasteiger partial charge in [0.05, 0.1) is 5.39 Å². The molecule has 0 saturated carbocycles. The van der Waals surface area contributed by atoms with Gasteiger partial charge in [-0.3, -0.25) is 19.1 Å². The van der Waals surface area contributed by atoms with Crippen LogP contribution in [0.5, 0.6) is 0 Å². The molecule has 3 aromatic heterocycles. The fraction of sp³-hybridized carbons (Fsp3) is 0.100. The Morgan fingerprint density at radius 1 is 1.04 bits per heavy atom. The molecule has 0 atom stereocenters. The van der Waals surface area contributed by atoms with Gasteiger partial charge in [-0.1, -0.05) is 0 Å². The lowest BCUT2D eigenvalue weighted by Crippen LogP contribution is -2.39. The second-order valence-corrected chi connectivity index (χ2v) is 6.18. The summed E-state index contributed by atoms with van der Waals surface area (Å²) in [6.45, 7) is 0.207. The highest BCUT2D eigenvalue weighted by molar-refractivity contribution is 5.94. The van der Waals surface area contributed by atoms with Gasteiger partial charge in [0.1, 0.15) is 5.65 Å². The van der Waals surface area contributed by atoms with Crippen molar-refractivity contribution in [3.63, 3.8) is 0 Å². The molecule has 3 heterocycles. The number of rotatable bonds is 5. The van der Waals surface area contributed by atoms with Crippen LogP contribution in [0.4, 0.5) is 0 Å². The van der Waals surface area contributed by atoms with Crippen LogP contribution >= 0.6 is 0 Å². The SMILES string of the molecule is O=C(NCCn1c(=O)[nH]c2ncccc2c1=O)c1ccc(-n2cccc2)cc1. The summed E-state index contributed by atoms with van der Waals surface area (Å²) in [5, 5.41) is 3.06. The first kappa shape index (κ1) is 17.5. The average Bonchev–Trinajstić information content (AvgIpc) is 3.25. The molecule has 0 aliphatic heterocycles. The number of fused-ring (bicyclic) bond motifs is 1. The van der Waals surface area contributed by atoms with Gasteiger partial charge in [-0.15, -0.1) is 0 Å². The molecule has 0 spiro atoms. The lowest BCUT2D eigenvalue weighted by Gasteiger charge is -2.09. The Morgan fingerprint density at radius 2 is 1.79 bits per heavy atom. The number of aromatic amines is 1. The van der Waals surface area contributed by atoms with Crippen molar-refractivity contribution in [1.29, 1.82) is 0 Å². The number of hydrogen-bond acceptors (Lipinski definition) is 4. The zero-order valence-electron chi connectivity index (χ0n) is 14.8. The number of pyridine rings is 1. The van der Waals surface area contributed by atoms with Crippen LogP contribution in [-0.2, 0) is 6.54 Å². The minimum Gasteiger partial charge on any atom is -0.350 e. The normalized spacial score (nSPS) is 10.9. The van der Waals surface area contributed by atoms with Gasteiger partial charge in [0.15, 0.2) is 0 Å². The largest absolute Gasteiger partial charge is 0.350 e. The van der Waals surface area contributed by atoms with E-state index < -0.39 is 11.2 Å². The van der Waals surface area contributed by atoms with E-state index in [9.17, 15) is 14.4 Å². The van der Waals surface area contributed by atoms with Crippen molar-refractivity contribution >= 4 is 16.9 Å². The fourth-order valence-corrected chi connectivity index (χ4v) is 2.96. The van der Waals surface area contributed by atoms with Crippen LogP contribution in [-0.4, -0.2) is 31.6 Å². The second kappa shape index (κ2) is 7.36. The molecule has 2 N–H and O–H groups in total. The molecule has 4 rings (SSSR count). The third-order valence-corrected chi connectivity index (χ3v) is 4.41. The predicted octanol–water partition coefficient (Wildman–Crippen LogP) is 1.31. The van der Waals surface area contributed by atoms with Crippen molar-refractivity contribution in [2.75, 3.05) is 6.54 Å². The van der Waals surface area contributed by atoms with E-state index >= 15 is 0 Å². The molecule has 8 heteroatoms. The first-order valence-corrected chi connectivity index (χ1v) is 8.73. The summed E-state index contributed by atoms with van der Waals surface area (Å²) in [6, 6.07) is 14.2. The number of aromatic nitrogens is 4. The van der Waals surface area contributed by atoms with E-state index in [1.165, 1.54) is 6.20 Å². The lowest BCUT2D eigenvalue weighted by atomic mass is 10.2. The molecule has 0 aliphatic rings. The quantitative estimate of drug-likeness (QED) is 0.549. The van der Waals surface area contributed by atoms with Crippen LogP contribution in [0.15, 0.2) is 76.7 Å². The minimum absolute atomic E-state index is 0.0617. The Bertz CT molecular complexity index is 1240. The molecule has 0 saturated heterocycles. The first-order chi connectivity index (χ1) is 13.6. The standard InChI is InChI=1S/C20H17N5O3/c26-18(14-5-7-15(8-6-14)24-11-1-2-12-24)22-10-13-25-19(27)16-4-3-9-21-17(16)23-20(25)28/h1-9,11-12H,10,13H2,(H,22,26)(H,21,23,28). The number of hydrogen-bond donors (Lipinski definition) is 2. The Hall–Kier alpha value is -3.94. The molecule has 1 amide bonds. The number of H-pyrrole nitrogens is 1. The van der Waals surface area contributed by atoms with E-state index in [0.717, 1.165) is 10.3 Å². The third-order valence-electron chi connectivity index (χ3n) is 4.41. The molecular formula is C20H17N5O3. The zero-order valence-corrected chi connectivity index (χ0v) is 14.8. The van der Waals surface area contributed by atoms with E-state index in [2.05, 4.69) is 15.3 Å². The van der Waals surface area contributed by atoms with Crippen molar-refractivity contribution in [3.8, 4) is 5.69 Å². The van der Waals surface area contributed by atoms with Crippen LogP contribution in [0, 0.1) is 0 Å². The van der Waals surface area contributed by atoms with Crippen LogP contribution < -0.4 is 16.6 Å². The fourth-order valence-electron chi connectivity index (χ4n) is 2.96. The molecule has 0 fully saturated rings. The summed E-state index contributed by atoms with van der Waals surface area (Å²) in [5.74, 6) is -0.272. The van der Waals surface area contributed by atoms with Gasteiger partial charge in [-0.05, 0) is 48.5 Å². The van der Waals surface area contributed by atoms with Gasteiger partial charge >= 0.3 is 5.69 Å². The molecule has 8 nitrogen and oxygen atoms in total. The Balaban J connectivity index is 1.44. The number of benzene rings is 1. The molecule has 1 aromatic carbocycles. The topological polar surface area (TPSA) is 102 Å². The van der Waals surface area contributed by atoms with Gasteiger partial charge in [-0.25, -0.2) is 9.78 Å². The highest BCUT2D eigenvalue weighted by Gasteiger charge is 2.09. The van der Waals surface area contributed by atoms with E-state index in [1.54, 1.807) is 24.3 Å². The van der Waals surface area contributed by atoms with Gasteiger partial charge < -0.3 is 9.88 Å². The Kier molecular flexibility index (Phi) is 4.59. The molecular weight excluding hydrogens is 358 g/mol. The molecule has 140 valence electrons. The van der Waals surface area contributed by atoms with E-state index in [1.807, 2.05) is 41.2 Å². The summed E-state index contributed by atoms with van der Waals surface area (Å²) in [4.78, 5) is 43.4. The smallest absolute Gasteiger partial charge is 0.330 e. The van der Waals surface area contributed by atoms with Crippen LogP contribution in [0.25, 0.3) is 16.7 Å². The van der Waals surface area contributed by atoms with E-state index in [0.29, 0.717) is 10.9 Å². The van der Waals surface area contributed by atoms with Crippen molar-refractivity contribution < 1.29 is 4.79 Å².